The predicted molar refractivity (Wildman–Crippen MR) is 62.7 cm³/mol. The van der Waals surface area contributed by atoms with Crippen molar-refractivity contribution in [2.24, 2.45) is 0 Å². The first-order valence-corrected chi connectivity index (χ1v) is 5.53. The largest absolute Gasteiger partial charge is 0.394 e. The van der Waals surface area contributed by atoms with E-state index in [1.807, 2.05) is 0 Å². The Morgan fingerprint density at radius 2 is 2.19 bits per heavy atom. The first kappa shape index (κ1) is 13.1. The average Bonchev–Trinajstić information content (AvgIpc) is 2.16. The van der Waals surface area contributed by atoms with Crippen LogP contribution in [0.1, 0.15) is 24.2 Å². The van der Waals surface area contributed by atoms with E-state index in [1.54, 1.807) is 19.9 Å². The highest BCUT2D eigenvalue weighted by Crippen LogP contribution is 2.16. The Labute approximate surface area is 102 Å². The normalized spacial score (nSPS) is 11.3. The summed E-state index contributed by atoms with van der Waals surface area (Å²) < 4.78 is 14.0. The number of benzene rings is 1. The summed E-state index contributed by atoms with van der Waals surface area (Å²) in [4.78, 5) is 11.7. The van der Waals surface area contributed by atoms with Gasteiger partial charge in [-0.25, -0.2) is 4.39 Å². The van der Waals surface area contributed by atoms with E-state index in [-0.39, 0.29) is 12.2 Å². The van der Waals surface area contributed by atoms with E-state index >= 15 is 0 Å². The zero-order valence-corrected chi connectivity index (χ0v) is 10.6. The monoisotopic (exact) mass is 289 g/mol. The number of nitrogens with one attached hydrogen (secondary N) is 1. The van der Waals surface area contributed by atoms with Crippen molar-refractivity contribution in [1.82, 2.24) is 5.32 Å². The molecule has 0 bridgehead atoms. The van der Waals surface area contributed by atoms with Crippen molar-refractivity contribution >= 4 is 21.8 Å². The molecule has 0 saturated heterocycles. The van der Waals surface area contributed by atoms with Crippen LogP contribution < -0.4 is 5.32 Å². The van der Waals surface area contributed by atoms with Crippen LogP contribution in [-0.2, 0) is 0 Å². The second-order valence-electron chi connectivity index (χ2n) is 4.12. The summed E-state index contributed by atoms with van der Waals surface area (Å²) in [6.45, 7) is 3.10. The fourth-order valence-electron chi connectivity index (χ4n) is 1.09. The number of carbonyl (C=O) groups excluding carboxylic acids is 1. The standard InChI is InChI=1S/C11H13BrFNO2/c1-11(2,6-15)14-10(16)8-4-3-7(12)5-9(8)13/h3-5,15H,6H2,1-2H3,(H,14,16). The lowest BCUT2D eigenvalue weighted by molar-refractivity contribution is 0.0865. The highest BCUT2D eigenvalue weighted by atomic mass is 79.9. The summed E-state index contributed by atoms with van der Waals surface area (Å²) in [7, 11) is 0. The number of rotatable bonds is 3. The molecule has 0 fully saturated rings. The van der Waals surface area contributed by atoms with Crippen LogP contribution >= 0.6 is 15.9 Å². The SMILES string of the molecule is CC(C)(CO)NC(=O)c1ccc(Br)cc1F. The van der Waals surface area contributed by atoms with Crippen LogP contribution in [0, 0.1) is 5.82 Å². The molecular formula is C11H13BrFNO2. The second-order valence-corrected chi connectivity index (χ2v) is 5.04. The molecule has 1 aromatic carbocycles. The molecule has 0 aromatic heterocycles. The lowest BCUT2D eigenvalue weighted by Crippen LogP contribution is -2.46. The van der Waals surface area contributed by atoms with Crippen molar-refractivity contribution in [3.8, 4) is 0 Å². The maximum absolute atomic E-state index is 13.4. The van der Waals surface area contributed by atoms with Crippen LogP contribution in [-0.4, -0.2) is 23.2 Å². The first-order valence-electron chi connectivity index (χ1n) is 4.74. The van der Waals surface area contributed by atoms with Crippen LogP contribution in [0.4, 0.5) is 4.39 Å². The van der Waals surface area contributed by atoms with Gasteiger partial charge in [0.05, 0.1) is 17.7 Å². The molecule has 0 aliphatic rings. The van der Waals surface area contributed by atoms with E-state index in [1.165, 1.54) is 12.1 Å². The van der Waals surface area contributed by atoms with Gasteiger partial charge in [0.25, 0.3) is 5.91 Å². The van der Waals surface area contributed by atoms with Crippen LogP contribution in [0.5, 0.6) is 0 Å². The summed E-state index contributed by atoms with van der Waals surface area (Å²) in [5.74, 6) is -1.13. The van der Waals surface area contributed by atoms with E-state index in [0.717, 1.165) is 0 Å². The van der Waals surface area contributed by atoms with Gasteiger partial charge in [0.15, 0.2) is 0 Å². The van der Waals surface area contributed by atoms with Gasteiger partial charge in [0.2, 0.25) is 0 Å². The van der Waals surface area contributed by atoms with Gasteiger partial charge in [-0.3, -0.25) is 4.79 Å². The molecule has 0 unspecified atom stereocenters. The van der Waals surface area contributed by atoms with Crippen LogP contribution in [0.25, 0.3) is 0 Å². The van der Waals surface area contributed by atoms with E-state index in [4.69, 9.17) is 5.11 Å². The molecule has 0 saturated carbocycles. The summed E-state index contributed by atoms with van der Waals surface area (Å²) in [5, 5.41) is 11.5. The molecule has 0 heterocycles. The highest BCUT2D eigenvalue weighted by Gasteiger charge is 2.21. The van der Waals surface area contributed by atoms with Gasteiger partial charge in [0, 0.05) is 4.47 Å². The van der Waals surface area contributed by atoms with Gasteiger partial charge in [-0.1, -0.05) is 15.9 Å². The van der Waals surface area contributed by atoms with Crippen LogP contribution in [0.2, 0.25) is 0 Å². The van der Waals surface area contributed by atoms with Gasteiger partial charge in [0.1, 0.15) is 5.82 Å². The molecule has 0 aliphatic heterocycles. The second kappa shape index (κ2) is 4.93. The Morgan fingerprint density at radius 1 is 1.56 bits per heavy atom. The molecular weight excluding hydrogens is 277 g/mol. The van der Waals surface area contributed by atoms with Crippen molar-refractivity contribution in [3.63, 3.8) is 0 Å². The number of hydrogen-bond donors (Lipinski definition) is 2. The van der Waals surface area contributed by atoms with E-state index in [0.29, 0.717) is 4.47 Å². The summed E-state index contributed by atoms with van der Waals surface area (Å²) in [5.41, 5.74) is -0.805. The fraction of sp³-hybridized carbons (Fsp3) is 0.364. The molecule has 0 radical (unpaired) electrons. The van der Waals surface area contributed by atoms with Crippen molar-refractivity contribution in [2.75, 3.05) is 6.61 Å². The van der Waals surface area contributed by atoms with Gasteiger partial charge in [-0.15, -0.1) is 0 Å². The van der Waals surface area contributed by atoms with Crippen LogP contribution in [0.3, 0.4) is 0 Å². The Hall–Kier alpha value is -0.940. The number of aliphatic hydroxyl groups is 1. The average molecular weight is 290 g/mol. The predicted octanol–water partition coefficient (Wildman–Crippen LogP) is 2.09. The first-order chi connectivity index (χ1) is 7.35. The lowest BCUT2D eigenvalue weighted by atomic mass is 10.1. The number of aliphatic hydroxyl groups excluding tert-OH is 1. The molecule has 16 heavy (non-hydrogen) atoms. The summed E-state index contributed by atoms with van der Waals surface area (Å²) >= 11 is 3.11. The lowest BCUT2D eigenvalue weighted by Gasteiger charge is -2.23. The molecule has 1 rings (SSSR count). The van der Waals surface area contributed by atoms with Gasteiger partial charge in [-0.05, 0) is 32.0 Å². The van der Waals surface area contributed by atoms with E-state index < -0.39 is 17.3 Å². The quantitative estimate of drug-likeness (QED) is 0.895. The van der Waals surface area contributed by atoms with E-state index in [2.05, 4.69) is 21.2 Å². The Morgan fingerprint density at radius 3 is 2.69 bits per heavy atom. The minimum atomic E-state index is -0.767. The van der Waals surface area contributed by atoms with Gasteiger partial charge < -0.3 is 10.4 Å². The maximum Gasteiger partial charge on any atom is 0.254 e. The molecule has 2 N–H and O–H groups in total. The molecule has 88 valence electrons. The minimum absolute atomic E-state index is 0.0373. The molecule has 0 atom stereocenters. The highest BCUT2D eigenvalue weighted by molar-refractivity contribution is 9.10. The molecule has 1 amide bonds. The number of carbonyl (C=O) groups is 1. The zero-order valence-electron chi connectivity index (χ0n) is 9.05. The van der Waals surface area contributed by atoms with Gasteiger partial charge in [-0.2, -0.15) is 0 Å². The maximum atomic E-state index is 13.4. The van der Waals surface area contributed by atoms with Crippen molar-refractivity contribution in [3.05, 3.63) is 34.1 Å². The molecule has 1 aromatic rings. The number of hydrogen-bond acceptors (Lipinski definition) is 2. The topological polar surface area (TPSA) is 49.3 Å². The Bertz CT molecular complexity index is 407. The Balaban J connectivity index is 2.89. The molecule has 0 spiro atoms. The summed E-state index contributed by atoms with van der Waals surface area (Å²) in [6, 6.07) is 4.20. The third-order valence-corrected chi connectivity index (χ3v) is 2.52. The molecule has 5 heteroatoms. The Kier molecular flexibility index (Phi) is 4.04. The number of amides is 1. The van der Waals surface area contributed by atoms with Gasteiger partial charge >= 0.3 is 0 Å². The smallest absolute Gasteiger partial charge is 0.254 e. The zero-order chi connectivity index (χ0) is 12.3. The number of halogens is 2. The van der Waals surface area contributed by atoms with Crippen molar-refractivity contribution in [2.45, 2.75) is 19.4 Å². The van der Waals surface area contributed by atoms with Crippen LogP contribution in [0.15, 0.2) is 22.7 Å². The molecule has 0 aliphatic carbocycles. The fourth-order valence-corrected chi connectivity index (χ4v) is 1.42. The third kappa shape index (κ3) is 3.28. The molecule has 3 nitrogen and oxygen atoms in total. The third-order valence-electron chi connectivity index (χ3n) is 2.02. The summed E-state index contributed by atoms with van der Waals surface area (Å²) in [6.07, 6.45) is 0. The van der Waals surface area contributed by atoms with Crippen molar-refractivity contribution < 1.29 is 14.3 Å². The van der Waals surface area contributed by atoms with Crippen molar-refractivity contribution in [1.29, 1.82) is 0 Å². The van der Waals surface area contributed by atoms with E-state index in [9.17, 15) is 9.18 Å². The minimum Gasteiger partial charge on any atom is -0.394 e.